The highest BCUT2D eigenvalue weighted by atomic mass is 16.5. The van der Waals surface area contributed by atoms with Crippen LogP contribution in [-0.2, 0) is 14.3 Å². The molecule has 0 radical (unpaired) electrons. The minimum Gasteiger partial charge on any atom is -0.479 e. The molecule has 0 saturated heterocycles. The number of ether oxygens (including phenoxy) is 1. The first-order valence-corrected chi connectivity index (χ1v) is 11.0. The first-order valence-electron chi connectivity index (χ1n) is 11.0. The summed E-state index contributed by atoms with van der Waals surface area (Å²) in [6.07, 6.45) is 0.532. The summed E-state index contributed by atoms with van der Waals surface area (Å²) < 4.78 is 5.54. The van der Waals surface area contributed by atoms with Gasteiger partial charge < -0.3 is 20.3 Å². The summed E-state index contributed by atoms with van der Waals surface area (Å²) >= 11 is 0. The van der Waals surface area contributed by atoms with Gasteiger partial charge in [0.05, 0.1) is 6.54 Å². The van der Waals surface area contributed by atoms with Crippen LogP contribution in [0.2, 0.25) is 0 Å². The van der Waals surface area contributed by atoms with E-state index in [1.54, 1.807) is 24.3 Å². The van der Waals surface area contributed by atoms with Crippen molar-refractivity contribution in [2.24, 2.45) is 0 Å². The van der Waals surface area contributed by atoms with Crippen molar-refractivity contribution in [2.45, 2.75) is 12.0 Å². The van der Waals surface area contributed by atoms with Gasteiger partial charge in [-0.05, 0) is 46.0 Å². The van der Waals surface area contributed by atoms with Crippen molar-refractivity contribution in [1.29, 1.82) is 0 Å². The molecule has 0 aliphatic heterocycles. The molecule has 0 heterocycles. The lowest BCUT2D eigenvalue weighted by Crippen LogP contribution is -2.35. The number of nitrogens with one attached hydrogen (secondary N) is 2. The highest BCUT2D eigenvalue weighted by Crippen LogP contribution is 2.44. The monoisotopic (exact) mass is 472 g/mol. The molecule has 8 heteroatoms. The van der Waals surface area contributed by atoms with E-state index < -0.39 is 24.1 Å². The van der Waals surface area contributed by atoms with Crippen LogP contribution in [0, 0.1) is 0 Å². The predicted molar refractivity (Wildman–Crippen MR) is 131 cm³/mol. The molecule has 35 heavy (non-hydrogen) atoms. The number of hydrogen-bond acceptors (Lipinski definition) is 5. The fraction of sp³-hybridized carbons (Fsp3) is 0.148. The molecule has 2 amide bonds. The maximum Gasteiger partial charge on any atom is 0.411 e. The zero-order valence-electron chi connectivity index (χ0n) is 18.7. The Morgan fingerprint density at radius 3 is 2.11 bits per heavy atom. The van der Waals surface area contributed by atoms with E-state index in [4.69, 9.17) is 14.9 Å². The Morgan fingerprint density at radius 1 is 0.914 bits per heavy atom. The standard InChI is InChI=1S/C27H24N2O6/c30-24(26(32)33)15-28-25(31)14-11-17-9-12-18(13-10-17)29-27(34)35-16-23-21-7-3-1-5-19(21)20-6-2-4-8-22(20)23/h1-14,23-24,30H,15-16H2,(H,28,31)(H,29,34)(H,32,33)/b14-11+. The van der Waals surface area contributed by atoms with Crippen LogP contribution in [0.4, 0.5) is 10.5 Å². The number of rotatable bonds is 8. The SMILES string of the molecule is O=C(/C=C/c1ccc(NC(=O)OCC2c3ccccc3-c3ccccc32)cc1)NCC(O)C(=O)O. The van der Waals surface area contributed by atoms with E-state index in [1.165, 1.54) is 12.2 Å². The quantitative estimate of drug-likeness (QED) is 0.371. The van der Waals surface area contributed by atoms with Gasteiger partial charge in [0.2, 0.25) is 5.91 Å². The van der Waals surface area contributed by atoms with Gasteiger partial charge in [-0.25, -0.2) is 9.59 Å². The average Bonchev–Trinajstić information content (AvgIpc) is 3.19. The largest absolute Gasteiger partial charge is 0.479 e. The van der Waals surface area contributed by atoms with Crippen LogP contribution in [0.1, 0.15) is 22.6 Å². The number of aliphatic carboxylic acids is 1. The molecule has 0 fully saturated rings. The van der Waals surface area contributed by atoms with Crippen molar-refractivity contribution in [3.05, 3.63) is 95.6 Å². The molecule has 1 atom stereocenters. The van der Waals surface area contributed by atoms with E-state index in [9.17, 15) is 14.4 Å². The van der Waals surface area contributed by atoms with Gasteiger partial charge in [-0.15, -0.1) is 0 Å². The smallest absolute Gasteiger partial charge is 0.411 e. The van der Waals surface area contributed by atoms with Gasteiger partial charge >= 0.3 is 12.1 Å². The van der Waals surface area contributed by atoms with Gasteiger partial charge in [0.15, 0.2) is 6.10 Å². The summed E-state index contributed by atoms with van der Waals surface area (Å²) in [5.74, 6) is -1.97. The Kier molecular flexibility index (Phi) is 7.23. The number of carboxylic acid groups (broad SMARTS) is 1. The molecule has 0 aromatic heterocycles. The minimum atomic E-state index is -1.66. The lowest BCUT2D eigenvalue weighted by molar-refractivity contribution is -0.146. The van der Waals surface area contributed by atoms with E-state index in [-0.39, 0.29) is 19.1 Å². The molecule has 8 nitrogen and oxygen atoms in total. The highest BCUT2D eigenvalue weighted by molar-refractivity contribution is 5.92. The van der Waals surface area contributed by atoms with Crippen LogP contribution in [0.5, 0.6) is 0 Å². The first-order chi connectivity index (χ1) is 16.9. The molecule has 0 bridgehead atoms. The maximum absolute atomic E-state index is 12.4. The maximum atomic E-state index is 12.4. The highest BCUT2D eigenvalue weighted by Gasteiger charge is 2.29. The summed E-state index contributed by atoms with van der Waals surface area (Å²) in [5, 5.41) is 22.8. The summed E-state index contributed by atoms with van der Waals surface area (Å²) in [6.45, 7) is -0.173. The van der Waals surface area contributed by atoms with Crippen molar-refractivity contribution in [3.63, 3.8) is 0 Å². The van der Waals surface area contributed by atoms with Gasteiger partial charge in [-0.3, -0.25) is 10.1 Å². The molecule has 1 aliphatic rings. The number of fused-ring (bicyclic) bond motifs is 3. The van der Waals surface area contributed by atoms with Gasteiger partial charge in [-0.2, -0.15) is 0 Å². The molecule has 4 rings (SSSR count). The third-order valence-electron chi connectivity index (χ3n) is 5.68. The number of amides is 2. The molecule has 178 valence electrons. The van der Waals surface area contributed by atoms with E-state index in [0.717, 1.165) is 22.3 Å². The third-order valence-corrected chi connectivity index (χ3v) is 5.68. The van der Waals surface area contributed by atoms with Gasteiger partial charge in [-0.1, -0.05) is 60.7 Å². The summed E-state index contributed by atoms with van der Waals surface area (Å²) in [5.41, 5.74) is 5.82. The molecule has 3 aromatic carbocycles. The Bertz CT molecular complexity index is 1220. The fourth-order valence-corrected chi connectivity index (χ4v) is 3.95. The topological polar surface area (TPSA) is 125 Å². The summed E-state index contributed by atoms with van der Waals surface area (Å²) in [7, 11) is 0. The van der Waals surface area contributed by atoms with Crippen LogP contribution in [0.15, 0.2) is 78.9 Å². The zero-order chi connectivity index (χ0) is 24.8. The van der Waals surface area contributed by atoms with Crippen molar-refractivity contribution < 1.29 is 29.3 Å². The first kappa shape index (κ1) is 23.7. The Labute approximate surface area is 201 Å². The van der Waals surface area contributed by atoms with E-state index >= 15 is 0 Å². The van der Waals surface area contributed by atoms with E-state index in [2.05, 4.69) is 34.9 Å². The zero-order valence-corrected chi connectivity index (χ0v) is 18.7. The number of benzene rings is 3. The minimum absolute atomic E-state index is 0.0246. The fourth-order valence-electron chi connectivity index (χ4n) is 3.95. The summed E-state index contributed by atoms with van der Waals surface area (Å²) in [6, 6.07) is 23.0. The number of carbonyl (C=O) groups excluding carboxylic acids is 2. The number of aliphatic hydroxyl groups excluding tert-OH is 1. The van der Waals surface area contributed by atoms with Gasteiger partial charge in [0.1, 0.15) is 6.61 Å². The van der Waals surface area contributed by atoms with Crippen molar-refractivity contribution in [3.8, 4) is 11.1 Å². The Balaban J connectivity index is 1.29. The van der Waals surface area contributed by atoms with Crippen LogP contribution in [0.3, 0.4) is 0 Å². The Morgan fingerprint density at radius 2 is 1.51 bits per heavy atom. The number of aliphatic hydroxyl groups is 1. The Hall–Kier alpha value is -4.43. The van der Waals surface area contributed by atoms with Crippen molar-refractivity contribution >= 4 is 29.7 Å². The molecule has 1 unspecified atom stereocenters. The number of anilines is 1. The number of hydrogen-bond donors (Lipinski definition) is 4. The number of carbonyl (C=O) groups is 3. The van der Waals surface area contributed by atoms with E-state index in [0.29, 0.717) is 11.3 Å². The molecule has 1 aliphatic carbocycles. The van der Waals surface area contributed by atoms with Crippen molar-refractivity contribution in [2.75, 3.05) is 18.5 Å². The molecule has 0 saturated carbocycles. The van der Waals surface area contributed by atoms with Crippen LogP contribution in [0.25, 0.3) is 17.2 Å². The lowest BCUT2D eigenvalue weighted by atomic mass is 9.98. The van der Waals surface area contributed by atoms with Crippen LogP contribution >= 0.6 is 0 Å². The van der Waals surface area contributed by atoms with Gasteiger partial charge in [0.25, 0.3) is 0 Å². The second-order valence-electron chi connectivity index (χ2n) is 8.01. The average molecular weight is 472 g/mol. The van der Waals surface area contributed by atoms with Gasteiger partial charge in [0, 0.05) is 17.7 Å². The number of carboxylic acids is 1. The van der Waals surface area contributed by atoms with Crippen LogP contribution in [-0.4, -0.2) is 47.4 Å². The molecular formula is C27H24N2O6. The predicted octanol–water partition coefficient (Wildman–Crippen LogP) is 3.62. The lowest BCUT2D eigenvalue weighted by Gasteiger charge is -2.14. The normalized spacial score (nSPS) is 13.1. The molecule has 4 N–H and O–H groups in total. The summed E-state index contributed by atoms with van der Waals surface area (Å²) in [4.78, 5) is 34.7. The molecule has 0 spiro atoms. The second-order valence-corrected chi connectivity index (χ2v) is 8.01. The second kappa shape index (κ2) is 10.7. The van der Waals surface area contributed by atoms with Crippen molar-refractivity contribution in [1.82, 2.24) is 5.32 Å². The van der Waals surface area contributed by atoms with E-state index in [1.807, 2.05) is 24.3 Å². The molecule has 3 aromatic rings. The molecular weight excluding hydrogens is 448 g/mol. The third kappa shape index (κ3) is 5.74. The van der Waals surface area contributed by atoms with Crippen LogP contribution < -0.4 is 10.6 Å².